The molecule has 0 fully saturated rings. The second kappa shape index (κ2) is 7.33. The van der Waals surface area contributed by atoms with Crippen molar-refractivity contribution in [2.45, 2.75) is 13.0 Å². The van der Waals surface area contributed by atoms with E-state index in [1.54, 1.807) is 36.4 Å². The van der Waals surface area contributed by atoms with Crippen LogP contribution in [0.15, 0.2) is 51.0 Å². The minimum atomic E-state index is -0.494. The monoisotopic (exact) mass is 391 g/mol. The first-order chi connectivity index (χ1) is 12.0. The summed E-state index contributed by atoms with van der Waals surface area (Å²) in [6.45, 7) is 0.200. The van der Waals surface area contributed by atoms with Crippen LogP contribution in [0.3, 0.4) is 0 Å². The molecule has 0 saturated carbocycles. The van der Waals surface area contributed by atoms with Crippen LogP contribution < -0.4 is 11.2 Å². The number of aromatic amines is 1. The standard InChI is InChI=1S/C17H11Cl2N3O2S/c18-11-2-1-10(14(19)7-11)5-6-22-16(23)13-4-3-12(20-9-25)8-15(13)21-17(22)24/h1-4,7-8H,5-6H2,(H,21,24). The van der Waals surface area contributed by atoms with Crippen molar-refractivity contribution in [1.82, 2.24) is 9.55 Å². The fourth-order valence-corrected chi connectivity index (χ4v) is 3.13. The van der Waals surface area contributed by atoms with Crippen molar-refractivity contribution in [2.75, 3.05) is 0 Å². The number of benzene rings is 2. The number of hydrogen-bond acceptors (Lipinski definition) is 4. The molecule has 0 atom stereocenters. The minimum absolute atomic E-state index is 0.200. The number of H-pyrrole nitrogens is 1. The Morgan fingerprint density at radius 2 is 1.96 bits per heavy atom. The lowest BCUT2D eigenvalue weighted by molar-refractivity contribution is 0.636. The van der Waals surface area contributed by atoms with Crippen molar-refractivity contribution in [3.8, 4) is 0 Å². The van der Waals surface area contributed by atoms with E-state index >= 15 is 0 Å². The summed E-state index contributed by atoms with van der Waals surface area (Å²) >= 11 is 16.6. The number of isothiocyanates is 1. The molecule has 3 aromatic rings. The molecule has 1 aromatic heterocycles. The van der Waals surface area contributed by atoms with E-state index in [1.807, 2.05) is 0 Å². The molecule has 0 spiro atoms. The normalized spacial score (nSPS) is 10.6. The zero-order valence-corrected chi connectivity index (χ0v) is 15.1. The molecule has 8 heteroatoms. The highest BCUT2D eigenvalue weighted by Gasteiger charge is 2.09. The molecule has 3 rings (SSSR count). The van der Waals surface area contributed by atoms with E-state index in [4.69, 9.17) is 23.2 Å². The summed E-state index contributed by atoms with van der Waals surface area (Å²) in [6, 6.07) is 9.95. The highest BCUT2D eigenvalue weighted by molar-refractivity contribution is 7.78. The van der Waals surface area contributed by atoms with Crippen molar-refractivity contribution in [2.24, 2.45) is 4.99 Å². The molecule has 0 aliphatic heterocycles. The van der Waals surface area contributed by atoms with Gasteiger partial charge in [0.2, 0.25) is 0 Å². The predicted octanol–water partition coefficient (Wildman–Crippen LogP) is 3.97. The Hall–Kier alpha value is -2.24. The first-order valence-corrected chi connectivity index (χ1v) is 8.44. The minimum Gasteiger partial charge on any atom is -0.307 e. The molecule has 2 aromatic carbocycles. The number of nitrogens with one attached hydrogen (secondary N) is 1. The quantitative estimate of drug-likeness (QED) is 0.540. The number of hydrogen-bond donors (Lipinski definition) is 1. The highest BCUT2D eigenvalue weighted by Crippen LogP contribution is 2.21. The molecule has 1 N–H and O–H groups in total. The smallest absolute Gasteiger partial charge is 0.307 e. The van der Waals surface area contributed by atoms with Gasteiger partial charge in [0.05, 0.1) is 21.8 Å². The number of aryl methyl sites for hydroxylation is 1. The zero-order chi connectivity index (χ0) is 18.0. The van der Waals surface area contributed by atoms with Crippen LogP contribution in [0, 0.1) is 0 Å². The molecule has 25 heavy (non-hydrogen) atoms. The summed E-state index contributed by atoms with van der Waals surface area (Å²) in [4.78, 5) is 31.4. The van der Waals surface area contributed by atoms with Gasteiger partial charge in [0.25, 0.3) is 5.56 Å². The van der Waals surface area contributed by atoms with Gasteiger partial charge < -0.3 is 4.98 Å². The van der Waals surface area contributed by atoms with Crippen molar-refractivity contribution >= 4 is 57.2 Å². The molecule has 5 nitrogen and oxygen atoms in total. The Bertz CT molecular complexity index is 1130. The molecular weight excluding hydrogens is 381 g/mol. The SMILES string of the molecule is O=c1[nH]c2cc(N=C=S)ccc2c(=O)n1CCc1ccc(Cl)cc1Cl. The predicted molar refractivity (Wildman–Crippen MR) is 104 cm³/mol. The molecule has 0 saturated heterocycles. The second-order valence-electron chi connectivity index (χ2n) is 5.31. The summed E-state index contributed by atoms with van der Waals surface area (Å²) in [6.07, 6.45) is 0.428. The van der Waals surface area contributed by atoms with Crippen molar-refractivity contribution in [3.05, 3.63) is 72.8 Å². The molecule has 0 bridgehead atoms. The number of nitrogens with zero attached hydrogens (tertiary/aromatic N) is 2. The van der Waals surface area contributed by atoms with Crippen LogP contribution in [-0.2, 0) is 13.0 Å². The van der Waals surface area contributed by atoms with Crippen LogP contribution >= 0.6 is 35.4 Å². The Morgan fingerprint density at radius 1 is 1.16 bits per heavy atom. The molecule has 126 valence electrons. The zero-order valence-electron chi connectivity index (χ0n) is 12.8. The maximum Gasteiger partial charge on any atom is 0.328 e. The number of fused-ring (bicyclic) bond motifs is 1. The maximum absolute atomic E-state index is 12.6. The summed E-state index contributed by atoms with van der Waals surface area (Å²) in [7, 11) is 0. The largest absolute Gasteiger partial charge is 0.328 e. The topological polar surface area (TPSA) is 67.2 Å². The highest BCUT2D eigenvalue weighted by atomic mass is 35.5. The van der Waals surface area contributed by atoms with Crippen LogP contribution in [0.1, 0.15) is 5.56 Å². The molecule has 0 aliphatic carbocycles. The van der Waals surface area contributed by atoms with E-state index in [-0.39, 0.29) is 12.1 Å². The number of aromatic nitrogens is 2. The Balaban J connectivity index is 1.99. The van der Waals surface area contributed by atoms with Gasteiger partial charge in [-0.25, -0.2) is 4.79 Å². The fourth-order valence-electron chi connectivity index (χ4n) is 2.52. The van der Waals surface area contributed by atoms with E-state index in [0.29, 0.717) is 33.1 Å². The Kier molecular flexibility index (Phi) is 5.16. The third kappa shape index (κ3) is 3.72. The average Bonchev–Trinajstić information content (AvgIpc) is 2.56. The van der Waals surface area contributed by atoms with Gasteiger partial charge in [-0.3, -0.25) is 9.36 Å². The maximum atomic E-state index is 12.6. The van der Waals surface area contributed by atoms with Gasteiger partial charge in [-0.15, -0.1) is 0 Å². The van der Waals surface area contributed by atoms with Crippen LogP contribution in [0.5, 0.6) is 0 Å². The van der Waals surface area contributed by atoms with Crippen LogP contribution in [-0.4, -0.2) is 14.7 Å². The Labute approximate surface area is 157 Å². The van der Waals surface area contributed by atoms with Gasteiger partial charge in [0.15, 0.2) is 0 Å². The van der Waals surface area contributed by atoms with Crippen LogP contribution in [0.4, 0.5) is 5.69 Å². The summed E-state index contributed by atoms with van der Waals surface area (Å²) < 4.78 is 1.15. The third-order valence-electron chi connectivity index (χ3n) is 3.76. The van der Waals surface area contributed by atoms with Crippen molar-refractivity contribution in [3.63, 3.8) is 0 Å². The molecular formula is C17H11Cl2N3O2S. The second-order valence-corrected chi connectivity index (χ2v) is 6.33. The molecule has 0 radical (unpaired) electrons. The average molecular weight is 392 g/mol. The third-order valence-corrected chi connectivity index (χ3v) is 4.44. The Morgan fingerprint density at radius 3 is 2.68 bits per heavy atom. The van der Waals surface area contributed by atoms with Gasteiger partial charge in [0.1, 0.15) is 0 Å². The van der Waals surface area contributed by atoms with E-state index < -0.39 is 5.69 Å². The first-order valence-electron chi connectivity index (χ1n) is 7.28. The molecule has 0 unspecified atom stereocenters. The van der Waals surface area contributed by atoms with Gasteiger partial charge >= 0.3 is 5.69 Å². The van der Waals surface area contributed by atoms with Crippen LogP contribution in [0.2, 0.25) is 10.0 Å². The molecule has 1 heterocycles. The van der Waals surface area contributed by atoms with Crippen molar-refractivity contribution in [1.29, 1.82) is 0 Å². The fraction of sp³-hybridized carbons (Fsp3) is 0.118. The number of aliphatic imine (C=N–C) groups is 1. The number of halogens is 2. The van der Waals surface area contributed by atoms with Gasteiger partial charge in [-0.1, -0.05) is 29.3 Å². The summed E-state index contributed by atoms with van der Waals surface area (Å²) in [5, 5.41) is 3.67. The van der Waals surface area contributed by atoms with Crippen LogP contribution in [0.25, 0.3) is 10.9 Å². The van der Waals surface area contributed by atoms with Gasteiger partial charge in [-0.05, 0) is 54.5 Å². The number of thiocarbonyl (C=S) groups is 1. The van der Waals surface area contributed by atoms with Gasteiger partial charge in [0, 0.05) is 16.6 Å². The lowest BCUT2D eigenvalue weighted by Gasteiger charge is -2.08. The molecule has 0 amide bonds. The van der Waals surface area contributed by atoms with Crippen molar-refractivity contribution < 1.29 is 0 Å². The van der Waals surface area contributed by atoms with Gasteiger partial charge in [-0.2, -0.15) is 4.99 Å². The van der Waals surface area contributed by atoms with E-state index in [0.717, 1.165) is 10.1 Å². The number of rotatable bonds is 4. The van der Waals surface area contributed by atoms with E-state index in [2.05, 4.69) is 27.4 Å². The lowest BCUT2D eigenvalue weighted by Crippen LogP contribution is -2.35. The van der Waals surface area contributed by atoms with E-state index in [1.165, 1.54) is 0 Å². The summed E-state index contributed by atoms with van der Waals surface area (Å²) in [5.41, 5.74) is 0.862. The summed E-state index contributed by atoms with van der Waals surface area (Å²) in [5.74, 6) is 0. The molecule has 0 aliphatic rings. The lowest BCUT2D eigenvalue weighted by atomic mass is 10.1. The first kappa shape index (κ1) is 17.6. The van der Waals surface area contributed by atoms with E-state index in [9.17, 15) is 9.59 Å².